The van der Waals surface area contributed by atoms with Crippen molar-refractivity contribution in [3.05, 3.63) is 35.9 Å². The predicted octanol–water partition coefficient (Wildman–Crippen LogP) is 3.25. The molecule has 0 N–H and O–H groups in total. The van der Waals surface area contributed by atoms with Crippen molar-refractivity contribution in [1.82, 2.24) is 0 Å². The molecule has 0 aliphatic heterocycles. The fourth-order valence-electron chi connectivity index (χ4n) is 0.513. The second-order valence-corrected chi connectivity index (χ2v) is 3.70. The molecule has 0 unspecified atom stereocenters. The SMILES string of the molecule is ClB(Cl)Cl.N#Cc1ccccc1. The van der Waals surface area contributed by atoms with E-state index in [-0.39, 0.29) is 0 Å². The summed E-state index contributed by atoms with van der Waals surface area (Å²) in [7, 11) is 0. The van der Waals surface area contributed by atoms with Crippen LogP contribution in [0.15, 0.2) is 30.3 Å². The molecule has 0 atom stereocenters. The van der Waals surface area contributed by atoms with Crippen LogP contribution in [0.4, 0.5) is 0 Å². The van der Waals surface area contributed by atoms with Crippen molar-refractivity contribution < 1.29 is 0 Å². The Balaban J connectivity index is 0.000000261. The highest BCUT2D eigenvalue weighted by atomic mass is 35.6. The molecular formula is C7H5BCl3N. The minimum atomic E-state index is -0.750. The van der Waals surface area contributed by atoms with E-state index in [1.165, 1.54) is 0 Å². The number of rotatable bonds is 0. The first-order valence-electron chi connectivity index (χ1n) is 3.04. The van der Waals surface area contributed by atoms with Crippen molar-refractivity contribution in [2.45, 2.75) is 0 Å². The largest absolute Gasteiger partial charge is 0.450 e. The third kappa shape index (κ3) is 7.75. The minimum Gasteiger partial charge on any atom is -0.192 e. The summed E-state index contributed by atoms with van der Waals surface area (Å²) in [6.45, 7) is 0. The Hall–Kier alpha value is -0.355. The second kappa shape index (κ2) is 7.30. The van der Waals surface area contributed by atoms with Gasteiger partial charge < -0.3 is 0 Å². The molecule has 0 radical (unpaired) electrons. The summed E-state index contributed by atoms with van der Waals surface area (Å²) < 4.78 is 0. The molecule has 0 fully saturated rings. The monoisotopic (exact) mass is 219 g/mol. The Labute approximate surface area is 86.7 Å². The van der Waals surface area contributed by atoms with Crippen LogP contribution < -0.4 is 0 Å². The highest BCUT2D eigenvalue weighted by molar-refractivity contribution is 7.54. The Kier molecular flexibility index (Phi) is 7.09. The standard InChI is InChI=1S/C7H5N.BCl3/c8-6-7-4-2-1-3-5-7;2-1(3)4/h1-5H;. The predicted molar refractivity (Wildman–Crippen MR) is 54.5 cm³/mol. The van der Waals surface area contributed by atoms with Gasteiger partial charge in [-0.05, 0) is 12.1 Å². The third-order valence-electron chi connectivity index (χ3n) is 0.903. The molecule has 12 heavy (non-hydrogen) atoms. The van der Waals surface area contributed by atoms with Crippen molar-refractivity contribution >= 4 is 39.3 Å². The molecule has 1 nitrogen and oxygen atoms in total. The van der Waals surface area contributed by atoms with Crippen molar-refractivity contribution in [3.63, 3.8) is 0 Å². The molecule has 1 rings (SSSR count). The van der Waals surface area contributed by atoms with E-state index in [1.807, 2.05) is 24.3 Å². The molecule has 5 heteroatoms. The van der Waals surface area contributed by atoms with Gasteiger partial charge in [0.1, 0.15) is 0 Å². The van der Waals surface area contributed by atoms with Gasteiger partial charge in [-0.25, -0.2) is 0 Å². The maximum atomic E-state index is 8.29. The van der Waals surface area contributed by atoms with E-state index >= 15 is 0 Å². The molecule has 0 aromatic heterocycles. The molecule has 0 bridgehead atoms. The summed E-state index contributed by atoms with van der Waals surface area (Å²) in [6, 6.07) is 11.2. The maximum absolute atomic E-state index is 8.29. The summed E-state index contributed by atoms with van der Waals surface area (Å²) in [4.78, 5) is -0.750. The Bertz CT molecular complexity index is 242. The second-order valence-electron chi connectivity index (χ2n) is 1.73. The molecule has 0 amide bonds. The van der Waals surface area contributed by atoms with Crippen LogP contribution in [0.25, 0.3) is 0 Å². The highest BCUT2D eigenvalue weighted by Crippen LogP contribution is 1.97. The van der Waals surface area contributed by atoms with Crippen molar-refractivity contribution in [2.24, 2.45) is 0 Å². The smallest absolute Gasteiger partial charge is 0.192 e. The van der Waals surface area contributed by atoms with E-state index in [2.05, 4.69) is 0 Å². The minimum absolute atomic E-state index is 0.715. The molecular weight excluding hydrogens is 215 g/mol. The number of nitrogens with zero attached hydrogens (tertiary/aromatic N) is 1. The molecule has 62 valence electrons. The first-order chi connectivity index (χ1) is 5.66. The number of nitriles is 1. The number of hydrogen-bond donors (Lipinski definition) is 0. The zero-order chi connectivity index (χ0) is 9.40. The molecule has 0 aliphatic rings. The van der Waals surface area contributed by atoms with Gasteiger partial charge in [-0.2, -0.15) is 39.6 Å². The van der Waals surface area contributed by atoms with Gasteiger partial charge in [0, 0.05) is 0 Å². The summed E-state index contributed by atoms with van der Waals surface area (Å²) in [5.41, 5.74) is 0.715. The van der Waals surface area contributed by atoms with Gasteiger partial charge in [-0.15, -0.1) is 0 Å². The Morgan fingerprint density at radius 1 is 1.08 bits per heavy atom. The molecule has 0 saturated carbocycles. The normalized spacial score (nSPS) is 7.50. The van der Waals surface area contributed by atoms with Crippen molar-refractivity contribution in [1.29, 1.82) is 5.26 Å². The molecule has 1 aromatic rings. The zero-order valence-electron chi connectivity index (χ0n) is 6.05. The van der Waals surface area contributed by atoms with E-state index in [4.69, 9.17) is 39.6 Å². The van der Waals surface area contributed by atoms with E-state index in [1.54, 1.807) is 12.1 Å². The molecule has 0 heterocycles. The van der Waals surface area contributed by atoms with Crippen LogP contribution in [0, 0.1) is 11.3 Å². The third-order valence-corrected chi connectivity index (χ3v) is 0.903. The number of halogens is 3. The number of hydrogen-bond acceptors (Lipinski definition) is 1. The molecule has 0 aliphatic carbocycles. The lowest BCUT2D eigenvalue weighted by atomic mass is 10.2. The van der Waals surface area contributed by atoms with Crippen molar-refractivity contribution in [3.8, 4) is 6.07 Å². The van der Waals surface area contributed by atoms with Gasteiger partial charge in [0.15, 0.2) is 0 Å². The lowest BCUT2D eigenvalue weighted by Crippen LogP contribution is -1.66. The lowest BCUT2D eigenvalue weighted by molar-refractivity contribution is 1.49. The van der Waals surface area contributed by atoms with E-state index < -0.39 is 4.96 Å². The van der Waals surface area contributed by atoms with E-state index in [0.29, 0.717) is 5.56 Å². The molecule has 0 saturated heterocycles. The van der Waals surface area contributed by atoms with Crippen LogP contribution in [0.3, 0.4) is 0 Å². The topological polar surface area (TPSA) is 23.8 Å². The van der Waals surface area contributed by atoms with Gasteiger partial charge in [0.05, 0.1) is 11.6 Å². The molecule has 0 spiro atoms. The van der Waals surface area contributed by atoms with E-state index in [9.17, 15) is 0 Å². The van der Waals surface area contributed by atoms with Gasteiger partial charge in [0.2, 0.25) is 0 Å². The Morgan fingerprint density at radius 3 is 1.75 bits per heavy atom. The van der Waals surface area contributed by atoms with Crippen LogP contribution in [0.1, 0.15) is 5.56 Å². The first-order valence-corrected chi connectivity index (χ1v) is 4.35. The Morgan fingerprint density at radius 2 is 1.50 bits per heavy atom. The fourth-order valence-corrected chi connectivity index (χ4v) is 0.513. The quantitative estimate of drug-likeness (QED) is 0.616. The van der Waals surface area contributed by atoms with Crippen LogP contribution >= 0.6 is 34.4 Å². The average molecular weight is 220 g/mol. The number of benzene rings is 1. The summed E-state index contributed by atoms with van der Waals surface area (Å²) in [5.74, 6) is 0. The fraction of sp³-hybridized carbons (Fsp3) is 0. The zero-order valence-corrected chi connectivity index (χ0v) is 8.31. The first kappa shape index (κ1) is 11.6. The van der Waals surface area contributed by atoms with Crippen LogP contribution in [0.2, 0.25) is 0 Å². The van der Waals surface area contributed by atoms with Gasteiger partial charge in [-0.1, -0.05) is 18.2 Å². The average Bonchev–Trinajstić information content (AvgIpc) is 2.05. The molecule has 1 aromatic carbocycles. The van der Waals surface area contributed by atoms with Crippen LogP contribution in [-0.4, -0.2) is 4.96 Å². The van der Waals surface area contributed by atoms with Crippen LogP contribution in [0.5, 0.6) is 0 Å². The summed E-state index contributed by atoms with van der Waals surface area (Å²) >= 11 is 14.4. The summed E-state index contributed by atoms with van der Waals surface area (Å²) in [6.07, 6.45) is 0. The van der Waals surface area contributed by atoms with Crippen LogP contribution in [-0.2, 0) is 0 Å². The highest BCUT2D eigenvalue weighted by Gasteiger charge is 1.91. The van der Waals surface area contributed by atoms with Crippen molar-refractivity contribution in [2.75, 3.05) is 0 Å². The summed E-state index contributed by atoms with van der Waals surface area (Å²) in [5, 5.41) is 8.29. The van der Waals surface area contributed by atoms with Gasteiger partial charge >= 0.3 is 4.96 Å². The van der Waals surface area contributed by atoms with Gasteiger partial charge in [0.25, 0.3) is 0 Å². The lowest BCUT2D eigenvalue weighted by Gasteiger charge is -1.80. The van der Waals surface area contributed by atoms with E-state index in [0.717, 1.165) is 0 Å². The maximum Gasteiger partial charge on any atom is 0.450 e. The van der Waals surface area contributed by atoms with Gasteiger partial charge in [-0.3, -0.25) is 0 Å².